The van der Waals surface area contributed by atoms with E-state index in [-0.39, 0.29) is 36.8 Å². The number of benzene rings is 1. The van der Waals surface area contributed by atoms with Crippen molar-refractivity contribution in [2.45, 2.75) is 25.9 Å². The summed E-state index contributed by atoms with van der Waals surface area (Å²) in [5, 5.41) is 2.60. The van der Waals surface area contributed by atoms with Gasteiger partial charge in [-0.05, 0) is 12.0 Å². The molecule has 0 bridgehead atoms. The largest absolute Gasteiger partial charge is 0.355 e. The highest BCUT2D eigenvalue weighted by molar-refractivity contribution is 7.89. The number of imidazole rings is 1. The first-order valence-electron chi connectivity index (χ1n) is 10.1. The van der Waals surface area contributed by atoms with Gasteiger partial charge < -0.3 is 9.88 Å². The van der Waals surface area contributed by atoms with Crippen molar-refractivity contribution in [3.8, 4) is 0 Å². The van der Waals surface area contributed by atoms with Crippen LogP contribution in [0.5, 0.6) is 0 Å². The van der Waals surface area contributed by atoms with Crippen LogP contribution in [0.25, 0.3) is 11.2 Å². The molecule has 0 saturated carbocycles. The number of hydrogen-bond acceptors (Lipinski definition) is 6. The van der Waals surface area contributed by atoms with Gasteiger partial charge in [0.05, 0.1) is 12.1 Å². The second-order valence-electron chi connectivity index (χ2n) is 7.40. The monoisotopic (exact) mass is 462 g/mol. The van der Waals surface area contributed by atoms with Gasteiger partial charge in [0.25, 0.3) is 5.56 Å². The molecule has 3 aromatic rings. The summed E-state index contributed by atoms with van der Waals surface area (Å²) in [7, 11) is -0.574. The molecular weight excluding hydrogens is 436 g/mol. The molecule has 1 amide bonds. The zero-order valence-electron chi connectivity index (χ0n) is 17.9. The van der Waals surface area contributed by atoms with E-state index in [0.717, 1.165) is 10.1 Å². The smallest absolute Gasteiger partial charge is 0.332 e. The van der Waals surface area contributed by atoms with Gasteiger partial charge in [-0.2, -0.15) is 0 Å². The van der Waals surface area contributed by atoms with Crippen LogP contribution < -0.4 is 21.3 Å². The molecule has 0 radical (unpaired) electrons. The zero-order chi connectivity index (χ0) is 23.3. The van der Waals surface area contributed by atoms with E-state index in [1.807, 2.05) is 30.3 Å². The van der Waals surface area contributed by atoms with Crippen LogP contribution in [0.4, 0.5) is 0 Å². The molecule has 12 heteroatoms. The van der Waals surface area contributed by atoms with E-state index in [4.69, 9.17) is 0 Å². The number of aryl methyl sites for hydroxylation is 2. The fourth-order valence-corrected chi connectivity index (χ4v) is 4.15. The Kier molecular flexibility index (Phi) is 7.26. The summed E-state index contributed by atoms with van der Waals surface area (Å²) in [5.41, 5.74) is 0.530. The molecule has 0 aliphatic rings. The highest BCUT2D eigenvalue weighted by atomic mass is 32.2. The number of hydrogen-bond donors (Lipinski definition) is 2. The molecule has 0 atom stereocenters. The third kappa shape index (κ3) is 5.51. The van der Waals surface area contributed by atoms with E-state index in [9.17, 15) is 22.8 Å². The van der Waals surface area contributed by atoms with E-state index >= 15 is 0 Å². The maximum Gasteiger partial charge on any atom is 0.332 e. The Labute approximate surface area is 184 Å². The Morgan fingerprint density at radius 1 is 1.09 bits per heavy atom. The molecule has 172 valence electrons. The summed E-state index contributed by atoms with van der Waals surface area (Å²) in [5.74, 6) is -0.505. The predicted octanol–water partition coefficient (Wildman–Crippen LogP) is -0.550. The molecule has 2 aromatic heterocycles. The Balaban J connectivity index is 1.46. The molecular formula is C20H26N6O5S. The molecule has 3 rings (SSSR count). The van der Waals surface area contributed by atoms with Gasteiger partial charge >= 0.3 is 5.69 Å². The van der Waals surface area contributed by atoms with Crippen molar-refractivity contribution in [3.63, 3.8) is 0 Å². The molecule has 32 heavy (non-hydrogen) atoms. The molecule has 2 heterocycles. The quantitative estimate of drug-likeness (QED) is 0.415. The first kappa shape index (κ1) is 23.4. The first-order chi connectivity index (χ1) is 15.2. The Bertz CT molecular complexity index is 1320. The van der Waals surface area contributed by atoms with E-state index in [1.165, 1.54) is 25.0 Å². The lowest BCUT2D eigenvalue weighted by molar-refractivity contribution is -0.121. The van der Waals surface area contributed by atoms with E-state index < -0.39 is 21.3 Å². The number of fused-ring (bicyclic) bond motifs is 1. The van der Waals surface area contributed by atoms with Crippen molar-refractivity contribution >= 4 is 27.1 Å². The van der Waals surface area contributed by atoms with Crippen LogP contribution in [0, 0.1) is 0 Å². The highest BCUT2D eigenvalue weighted by Crippen LogP contribution is 2.07. The minimum Gasteiger partial charge on any atom is -0.355 e. The molecule has 2 N–H and O–H groups in total. The Hall–Kier alpha value is -3.25. The molecule has 0 unspecified atom stereocenters. The second-order valence-corrected chi connectivity index (χ2v) is 9.32. The van der Waals surface area contributed by atoms with Crippen LogP contribution >= 0.6 is 0 Å². The molecule has 1 aromatic carbocycles. The summed E-state index contributed by atoms with van der Waals surface area (Å²) >= 11 is 0. The van der Waals surface area contributed by atoms with Gasteiger partial charge in [-0.25, -0.2) is 22.9 Å². The van der Waals surface area contributed by atoms with Gasteiger partial charge in [0.2, 0.25) is 15.9 Å². The number of carbonyl (C=O) groups is 1. The minimum absolute atomic E-state index is 0.000380. The van der Waals surface area contributed by atoms with Crippen molar-refractivity contribution in [3.05, 3.63) is 63.1 Å². The van der Waals surface area contributed by atoms with Crippen molar-refractivity contribution < 1.29 is 13.2 Å². The van der Waals surface area contributed by atoms with Crippen LogP contribution in [-0.4, -0.2) is 45.3 Å². The van der Waals surface area contributed by atoms with E-state index in [0.29, 0.717) is 18.5 Å². The summed E-state index contributed by atoms with van der Waals surface area (Å²) in [6.45, 7) is 0.551. The number of nitrogens with one attached hydrogen (secondary N) is 2. The molecule has 11 nitrogen and oxygen atoms in total. The van der Waals surface area contributed by atoms with Crippen LogP contribution in [0.15, 0.2) is 46.2 Å². The maximum atomic E-state index is 12.4. The third-order valence-electron chi connectivity index (χ3n) is 5.05. The molecule has 0 aliphatic carbocycles. The number of rotatable bonds is 10. The second kappa shape index (κ2) is 9.92. The van der Waals surface area contributed by atoms with Crippen molar-refractivity contribution in [1.29, 1.82) is 0 Å². The lowest BCUT2D eigenvalue weighted by atomic mass is 10.2. The lowest BCUT2D eigenvalue weighted by Gasteiger charge is -2.09. The average molecular weight is 463 g/mol. The number of aromatic nitrogens is 4. The van der Waals surface area contributed by atoms with Crippen LogP contribution in [0.3, 0.4) is 0 Å². The molecule has 0 spiro atoms. The van der Waals surface area contributed by atoms with E-state index in [1.54, 1.807) is 4.57 Å². The molecule has 0 fully saturated rings. The van der Waals surface area contributed by atoms with Crippen LogP contribution in [0.2, 0.25) is 0 Å². The van der Waals surface area contributed by atoms with Gasteiger partial charge in [-0.3, -0.25) is 18.7 Å². The number of amides is 1. The first-order valence-corrected chi connectivity index (χ1v) is 11.7. The fraction of sp³-hybridized carbons (Fsp3) is 0.400. The summed E-state index contributed by atoms with van der Waals surface area (Å²) in [4.78, 5) is 40.6. The summed E-state index contributed by atoms with van der Waals surface area (Å²) in [6.07, 6.45) is 2.04. The van der Waals surface area contributed by atoms with Crippen molar-refractivity contribution in [2.24, 2.45) is 14.1 Å². The average Bonchev–Trinajstić information content (AvgIpc) is 3.19. The minimum atomic E-state index is -3.51. The highest BCUT2D eigenvalue weighted by Gasteiger charge is 2.15. The zero-order valence-corrected chi connectivity index (χ0v) is 18.8. The standard InChI is InChI=1S/C20H26N6O5S/c1-24-18-17(19(28)25(2)20(24)29)26(14-22-18)11-6-9-16(27)21-10-12-32(30,31)23-13-15-7-4-3-5-8-15/h3-5,7-8,14,23H,6,9-13H2,1-2H3,(H,21,27). The normalized spacial score (nSPS) is 11.7. The van der Waals surface area contributed by atoms with Gasteiger partial charge in [0.1, 0.15) is 0 Å². The Morgan fingerprint density at radius 3 is 2.53 bits per heavy atom. The predicted molar refractivity (Wildman–Crippen MR) is 120 cm³/mol. The topological polar surface area (TPSA) is 137 Å². The van der Waals surface area contributed by atoms with Crippen molar-refractivity contribution in [1.82, 2.24) is 28.7 Å². The van der Waals surface area contributed by atoms with Crippen LogP contribution in [-0.2, 0) is 42.0 Å². The summed E-state index contributed by atoms with van der Waals surface area (Å²) < 4.78 is 30.5. The number of nitrogens with zero attached hydrogens (tertiary/aromatic N) is 4. The SMILES string of the molecule is Cn1c(=O)c2c(ncn2CCCC(=O)NCCS(=O)(=O)NCc2ccccc2)n(C)c1=O. The summed E-state index contributed by atoms with van der Waals surface area (Å²) in [6, 6.07) is 9.15. The van der Waals surface area contributed by atoms with Gasteiger partial charge in [0.15, 0.2) is 11.2 Å². The third-order valence-corrected chi connectivity index (χ3v) is 6.38. The van der Waals surface area contributed by atoms with Crippen molar-refractivity contribution in [2.75, 3.05) is 12.3 Å². The fourth-order valence-electron chi connectivity index (χ4n) is 3.25. The molecule has 0 aliphatic heterocycles. The number of carbonyl (C=O) groups excluding carboxylic acids is 1. The molecule has 0 saturated heterocycles. The van der Waals surface area contributed by atoms with Gasteiger partial charge in [-0.1, -0.05) is 30.3 Å². The lowest BCUT2D eigenvalue weighted by Crippen LogP contribution is -2.37. The Morgan fingerprint density at radius 2 is 1.81 bits per heavy atom. The van der Waals surface area contributed by atoms with Crippen LogP contribution in [0.1, 0.15) is 18.4 Å². The van der Waals surface area contributed by atoms with Gasteiger partial charge in [-0.15, -0.1) is 0 Å². The van der Waals surface area contributed by atoms with Gasteiger partial charge in [0, 0.05) is 40.2 Å². The maximum absolute atomic E-state index is 12.4. The number of sulfonamides is 1. The van der Waals surface area contributed by atoms with E-state index in [2.05, 4.69) is 15.0 Å².